The van der Waals surface area contributed by atoms with Gasteiger partial charge in [0.15, 0.2) is 6.61 Å². The van der Waals surface area contributed by atoms with E-state index < -0.39 is 6.04 Å². The van der Waals surface area contributed by atoms with Crippen molar-refractivity contribution in [2.45, 2.75) is 6.04 Å². The SMILES string of the molecule is O=C(COc1ccc(Cl)cc1)N[C@@H](CO)c1ccccc1. The molecule has 0 aromatic heterocycles. The lowest BCUT2D eigenvalue weighted by molar-refractivity contribution is -0.124. The van der Waals surface area contributed by atoms with E-state index >= 15 is 0 Å². The summed E-state index contributed by atoms with van der Waals surface area (Å²) in [5.74, 6) is 0.266. The number of aliphatic hydroxyl groups excluding tert-OH is 1. The molecule has 2 N–H and O–H groups in total. The Bertz CT molecular complexity index is 572. The van der Waals surface area contributed by atoms with Gasteiger partial charge in [-0.1, -0.05) is 41.9 Å². The third kappa shape index (κ3) is 4.77. The highest BCUT2D eigenvalue weighted by molar-refractivity contribution is 6.30. The van der Waals surface area contributed by atoms with Crippen LogP contribution in [0, 0.1) is 0 Å². The van der Waals surface area contributed by atoms with Crippen LogP contribution < -0.4 is 10.1 Å². The van der Waals surface area contributed by atoms with Crippen LogP contribution in [0.4, 0.5) is 0 Å². The Labute approximate surface area is 128 Å². The van der Waals surface area contributed by atoms with Crippen LogP contribution in [0.25, 0.3) is 0 Å². The van der Waals surface area contributed by atoms with Crippen LogP contribution in [-0.4, -0.2) is 24.2 Å². The lowest BCUT2D eigenvalue weighted by Gasteiger charge is -2.16. The van der Waals surface area contributed by atoms with Crippen LogP contribution >= 0.6 is 11.6 Å². The van der Waals surface area contributed by atoms with Crippen molar-refractivity contribution >= 4 is 17.5 Å². The van der Waals surface area contributed by atoms with Crippen LogP contribution in [-0.2, 0) is 4.79 Å². The molecule has 2 aromatic rings. The molecule has 0 fully saturated rings. The number of nitrogens with one attached hydrogen (secondary N) is 1. The van der Waals surface area contributed by atoms with E-state index in [1.165, 1.54) is 0 Å². The monoisotopic (exact) mass is 305 g/mol. The Morgan fingerprint density at radius 3 is 2.43 bits per heavy atom. The highest BCUT2D eigenvalue weighted by Gasteiger charge is 2.13. The average molecular weight is 306 g/mol. The summed E-state index contributed by atoms with van der Waals surface area (Å²) in [6, 6.07) is 15.6. The minimum atomic E-state index is -0.437. The maximum atomic E-state index is 11.9. The second-order valence-corrected chi connectivity index (χ2v) is 4.89. The highest BCUT2D eigenvalue weighted by atomic mass is 35.5. The van der Waals surface area contributed by atoms with Gasteiger partial charge in [0.1, 0.15) is 5.75 Å². The van der Waals surface area contributed by atoms with Gasteiger partial charge in [-0.25, -0.2) is 0 Å². The zero-order valence-corrected chi connectivity index (χ0v) is 12.1. The van der Waals surface area contributed by atoms with Crippen molar-refractivity contribution in [1.82, 2.24) is 5.32 Å². The first-order valence-corrected chi connectivity index (χ1v) is 6.90. The number of halogens is 1. The molecule has 0 saturated heterocycles. The summed E-state index contributed by atoms with van der Waals surface area (Å²) >= 11 is 5.77. The quantitative estimate of drug-likeness (QED) is 0.862. The minimum Gasteiger partial charge on any atom is -0.484 e. The molecule has 2 aromatic carbocycles. The van der Waals surface area contributed by atoms with Crippen LogP contribution in [0.15, 0.2) is 54.6 Å². The van der Waals surface area contributed by atoms with Crippen LogP contribution in [0.3, 0.4) is 0 Å². The first kappa shape index (κ1) is 15.4. The number of carbonyl (C=O) groups is 1. The fourth-order valence-corrected chi connectivity index (χ4v) is 1.96. The first-order chi connectivity index (χ1) is 10.2. The highest BCUT2D eigenvalue weighted by Crippen LogP contribution is 2.15. The Morgan fingerprint density at radius 2 is 1.81 bits per heavy atom. The summed E-state index contributed by atoms with van der Waals surface area (Å²) in [5.41, 5.74) is 0.847. The van der Waals surface area contributed by atoms with E-state index in [1.54, 1.807) is 24.3 Å². The number of hydrogen-bond donors (Lipinski definition) is 2. The summed E-state index contributed by atoms with van der Waals surface area (Å²) in [7, 11) is 0. The van der Waals surface area contributed by atoms with Crippen LogP contribution in [0.1, 0.15) is 11.6 Å². The van der Waals surface area contributed by atoms with Gasteiger partial charge in [0.2, 0.25) is 0 Å². The molecular weight excluding hydrogens is 290 g/mol. The van der Waals surface area contributed by atoms with Crippen molar-refractivity contribution in [2.24, 2.45) is 0 Å². The molecule has 0 unspecified atom stereocenters. The number of ether oxygens (including phenoxy) is 1. The summed E-state index contributed by atoms with van der Waals surface area (Å²) in [6.07, 6.45) is 0. The Morgan fingerprint density at radius 1 is 1.14 bits per heavy atom. The summed E-state index contributed by atoms with van der Waals surface area (Å²) in [6.45, 7) is -0.290. The van der Waals surface area contributed by atoms with E-state index in [1.807, 2.05) is 30.3 Å². The molecule has 21 heavy (non-hydrogen) atoms. The van der Waals surface area contributed by atoms with Crippen LogP contribution in [0.5, 0.6) is 5.75 Å². The molecule has 4 nitrogen and oxygen atoms in total. The van der Waals surface area contributed by atoms with E-state index in [4.69, 9.17) is 16.3 Å². The lowest BCUT2D eigenvalue weighted by atomic mass is 10.1. The molecule has 0 saturated carbocycles. The molecular formula is C16H16ClNO3. The van der Waals surface area contributed by atoms with E-state index in [2.05, 4.69) is 5.32 Å². The molecule has 0 aliphatic carbocycles. The predicted molar refractivity (Wildman–Crippen MR) is 81.4 cm³/mol. The predicted octanol–water partition coefficient (Wildman–Crippen LogP) is 2.57. The van der Waals surface area contributed by atoms with Gasteiger partial charge >= 0.3 is 0 Å². The zero-order valence-electron chi connectivity index (χ0n) is 11.3. The van der Waals surface area contributed by atoms with Gasteiger partial charge in [-0.05, 0) is 29.8 Å². The van der Waals surface area contributed by atoms with E-state index in [0.717, 1.165) is 5.56 Å². The van der Waals surface area contributed by atoms with Crippen molar-refractivity contribution in [3.05, 3.63) is 65.2 Å². The summed E-state index contributed by atoms with van der Waals surface area (Å²) in [5, 5.41) is 12.7. The lowest BCUT2D eigenvalue weighted by Crippen LogP contribution is -2.34. The molecule has 1 atom stereocenters. The normalized spacial score (nSPS) is 11.7. The van der Waals surface area contributed by atoms with Crippen molar-refractivity contribution in [2.75, 3.05) is 13.2 Å². The molecule has 5 heteroatoms. The number of rotatable bonds is 6. The second-order valence-electron chi connectivity index (χ2n) is 4.46. The van der Waals surface area contributed by atoms with Crippen molar-refractivity contribution in [3.63, 3.8) is 0 Å². The van der Waals surface area contributed by atoms with Gasteiger partial charge in [0.25, 0.3) is 5.91 Å². The standard InChI is InChI=1S/C16H16ClNO3/c17-13-6-8-14(9-7-13)21-11-16(20)18-15(10-19)12-4-2-1-3-5-12/h1-9,15,19H,10-11H2,(H,18,20)/t15-/m0/s1. The van der Waals surface area contributed by atoms with Gasteiger partial charge in [-0.2, -0.15) is 0 Å². The van der Waals surface area contributed by atoms with E-state index in [9.17, 15) is 9.90 Å². The third-order valence-corrected chi connectivity index (χ3v) is 3.16. The zero-order chi connectivity index (χ0) is 15.1. The van der Waals surface area contributed by atoms with Gasteiger partial charge in [0.05, 0.1) is 12.6 Å². The van der Waals surface area contributed by atoms with Crippen molar-refractivity contribution in [1.29, 1.82) is 0 Å². The molecule has 0 radical (unpaired) electrons. The molecule has 0 aliphatic rings. The fraction of sp³-hybridized carbons (Fsp3) is 0.188. The molecule has 1 amide bonds. The third-order valence-electron chi connectivity index (χ3n) is 2.90. The largest absolute Gasteiger partial charge is 0.484 e. The smallest absolute Gasteiger partial charge is 0.258 e. The molecule has 2 rings (SSSR count). The minimum absolute atomic E-state index is 0.120. The van der Waals surface area contributed by atoms with Gasteiger partial charge in [-0.3, -0.25) is 4.79 Å². The maximum absolute atomic E-state index is 11.9. The Balaban J connectivity index is 1.87. The molecule has 0 aliphatic heterocycles. The topological polar surface area (TPSA) is 58.6 Å². The maximum Gasteiger partial charge on any atom is 0.258 e. The molecule has 110 valence electrons. The molecule has 0 spiro atoms. The number of amides is 1. The summed E-state index contributed by atoms with van der Waals surface area (Å²) < 4.78 is 5.35. The van der Waals surface area contributed by atoms with Crippen LogP contribution in [0.2, 0.25) is 5.02 Å². The fourth-order valence-electron chi connectivity index (χ4n) is 1.84. The number of benzene rings is 2. The number of carbonyl (C=O) groups excluding carboxylic acids is 1. The van der Waals surface area contributed by atoms with Gasteiger partial charge < -0.3 is 15.2 Å². The van der Waals surface area contributed by atoms with E-state index in [-0.39, 0.29) is 19.1 Å². The second kappa shape index (κ2) is 7.67. The van der Waals surface area contributed by atoms with Crippen molar-refractivity contribution in [3.8, 4) is 5.75 Å². The van der Waals surface area contributed by atoms with Crippen molar-refractivity contribution < 1.29 is 14.6 Å². The van der Waals surface area contributed by atoms with Gasteiger partial charge in [-0.15, -0.1) is 0 Å². The average Bonchev–Trinajstić information content (AvgIpc) is 2.53. The Hall–Kier alpha value is -2.04. The Kier molecular flexibility index (Phi) is 5.60. The van der Waals surface area contributed by atoms with E-state index in [0.29, 0.717) is 10.8 Å². The molecule has 0 heterocycles. The number of aliphatic hydroxyl groups is 1. The number of hydrogen-bond acceptors (Lipinski definition) is 3. The molecule has 0 bridgehead atoms. The first-order valence-electron chi connectivity index (χ1n) is 6.52. The van der Waals surface area contributed by atoms with Gasteiger partial charge in [0, 0.05) is 5.02 Å². The summed E-state index contributed by atoms with van der Waals surface area (Å²) in [4.78, 5) is 11.9.